The number of aryl methyl sites for hydroxylation is 1. The Morgan fingerprint density at radius 1 is 1.38 bits per heavy atom. The molecule has 0 saturated heterocycles. The van der Waals surface area contributed by atoms with E-state index in [-0.39, 0.29) is 29.5 Å². The van der Waals surface area contributed by atoms with Crippen molar-refractivity contribution >= 4 is 41.7 Å². The first-order chi connectivity index (χ1) is 11.2. The van der Waals surface area contributed by atoms with Crippen molar-refractivity contribution in [3.05, 3.63) is 34.7 Å². The molecule has 0 aromatic carbocycles. The largest absolute Gasteiger partial charge is 0.356 e. The van der Waals surface area contributed by atoms with E-state index in [9.17, 15) is 4.79 Å². The van der Waals surface area contributed by atoms with E-state index in [2.05, 4.69) is 21.9 Å². The molecule has 136 valence electrons. The minimum absolute atomic E-state index is 0. The maximum Gasteiger partial charge on any atom is 0.250 e. The van der Waals surface area contributed by atoms with Crippen molar-refractivity contribution in [3.8, 4) is 0 Å². The Bertz CT molecular complexity index is 564. The van der Waals surface area contributed by atoms with Crippen molar-refractivity contribution in [1.82, 2.24) is 15.2 Å². The molecule has 5 nitrogen and oxygen atoms in total. The summed E-state index contributed by atoms with van der Waals surface area (Å²) in [6, 6.07) is 5.82. The Morgan fingerprint density at radius 2 is 2.21 bits per heavy atom. The Balaban J connectivity index is 0.00000288. The number of thioether (sulfide) groups is 1. The Morgan fingerprint density at radius 3 is 2.88 bits per heavy atom. The Hall–Kier alpha value is -0.700. The van der Waals surface area contributed by atoms with Gasteiger partial charge in [0.2, 0.25) is 5.56 Å². The van der Waals surface area contributed by atoms with Crippen molar-refractivity contribution < 1.29 is 0 Å². The fourth-order valence-electron chi connectivity index (χ4n) is 2.93. The Labute approximate surface area is 166 Å². The number of hydrogen-bond acceptors (Lipinski definition) is 3. The minimum Gasteiger partial charge on any atom is -0.356 e. The van der Waals surface area contributed by atoms with Crippen LogP contribution in [-0.2, 0) is 6.54 Å². The highest BCUT2D eigenvalue weighted by molar-refractivity contribution is 14.0. The standard InChI is InChI=1S/C17H28N4OS.HI/c1-18-17(20-14-8-9-15(13-14)23-2)19-10-4-6-12-21-11-5-3-7-16(21)22;/h3,5,7,11,14-15H,4,6,8-10,12-13H2,1-2H3,(H2,18,19,20);1H. The monoisotopic (exact) mass is 464 g/mol. The molecule has 1 aliphatic rings. The summed E-state index contributed by atoms with van der Waals surface area (Å²) < 4.78 is 1.76. The van der Waals surface area contributed by atoms with Gasteiger partial charge < -0.3 is 15.2 Å². The molecule has 0 bridgehead atoms. The SMILES string of the molecule is CN=C(NCCCCn1ccccc1=O)NC1CCC(SC)C1.I. The maximum absolute atomic E-state index is 11.6. The molecule has 2 unspecified atom stereocenters. The molecule has 2 N–H and O–H groups in total. The van der Waals surface area contributed by atoms with Crippen LogP contribution in [0.15, 0.2) is 34.2 Å². The zero-order valence-electron chi connectivity index (χ0n) is 14.5. The first-order valence-electron chi connectivity index (χ1n) is 8.38. The van der Waals surface area contributed by atoms with Gasteiger partial charge in [-0.25, -0.2) is 0 Å². The Kier molecular flexibility index (Phi) is 10.5. The molecule has 0 amide bonds. The number of nitrogens with zero attached hydrogens (tertiary/aromatic N) is 2. The second-order valence-corrected chi connectivity index (χ2v) is 7.09. The summed E-state index contributed by atoms with van der Waals surface area (Å²) in [5, 5.41) is 7.68. The minimum atomic E-state index is 0. The van der Waals surface area contributed by atoms with Crippen LogP contribution in [0.2, 0.25) is 0 Å². The summed E-state index contributed by atoms with van der Waals surface area (Å²) in [4.78, 5) is 15.9. The van der Waals surface area contributed by atoms with E-state index in [1.807, 2.05) is 31.1 Å². The normalized spacial score (nSPS) is 20.5. The van der Waals surface area contributed by atoms with Crippen molar-refractivity contribution in [2.24, 2.45) is 4.99 Å². The van der Waals surface area contributed by atoms with Crippen LogP contribution in [0, 0.1) is 0 Å². The number of nitrogens with one attached hydrogen (secondary N) is 2. The van der Waals surface area contributed by atoms with Gasteiger partial charge in [0.25, 0.3) is 0 Å². The van der Waals surface area contributed by atoms with E-state index in [1.54, 1.807) is 16.7 Å². The molecule has 1 aliphatic carbocycles. The smallest absolute Gasteiger partial charge is 0.250 e. The summed E-state index contributed by atoms with van der Waals surface area (Å²) in [5.41, 5.74) is 0.0718. The van der Waals surface area contributed by atoms with Gasteiger partial charge in [-0.15, -0.1) is 24.0 Å². The van der Waals surface area contributed by atoms with Crippen molar-refractivity contribution in [2.45, 2.75) is 49.9 Å². The van der Waals surface area contributed by atoms with Crippen LogP contribution in [0.5, 0.6) is 0 Å². The summed E-state index contributed by atoms with van der Waals surface area (Å²) >= 11 is 1.97. The lowest BCUT2D eigenvalue weighted by Crippen LogP contribution is -2.42. The van der Waals surface area contributed by atoms with Gasteiger partial charge in [0.05, 0.1) is 0 Å². The van der Waals surface area contributed by atoms with Gasteiger partial charge in [0.1, 0.15) is 0 Å². The lowest BCUT2D eigenvalue weighted by atomic mass is 10.2. The molecule has 1 saturated carbocycles. The fraction of sp³-hybridized carbons (Fsp3) is 0.647. The molecule has 0 radical (unpaired) electrons. The molecule has 1 aromatic rings. The van der Waals surface area contributed by atoms with Gasteiger partial charge in [0.15, 0.2) is 5.96 Å². The molecular weight excluding hydrogens is 435 g/mol. The molecule has 0 aliphatic heterocycles. The highest BCUT2D eigenvalue weighted by Gasteiger charge is 2.24. The van der Waals surface area contributed by atoms with E-state index < -0.39 is 0 Å². The molecule has 7 heteroatoms. The third-order valence-corrected chi connectivity index (χ3v) is 5.39. The number of pyridine rings is 1. The average Bonchev–Trinajstić information content (AvgIpc) is 3.02. The van der Waals surface area contributed by atoms with E-state index in [0.29, 0.717) is 6.04 Å². The third kappa shape index (κ3) is 7.04. The van der Waals surface area contributed by atoms with Crippen LogP contribution < -0.4 is 16.2 Å². The molecule has 1 fully saturated rings. The topological polar surface area (TPSA) is 58.4 Å². The van der Waals surface area contributed by atoms with Crippen LogP contribution in [0.25, 0.3) is 0 Å². The van der Waals surface area contributed by atoms with Gasteiger partial charge >= 0.3 is 0 Å². The molecule has 24 heavy (non-hydrogen) atoms. The number of guanidine groups is 1. The van der Waals surface area contributed by atoms with Gasteiger partial charge in [-0.3, -0.25) is 9.79 Å². The number of rotatable bonds is 7. The number of hydrogen-bond donors (Lipinski definition) is 2. The van der Waals surface area contributed by atoms with Crippen LogP contribution in [0.3, 0.4) is 0 Å². The van der Waals surface area contributed by atoms with Crippen LogP contribution >= 0.6 is 35.7 Å². The summed E-state index contributed by atoms with van der Waals surface area (Å²) in [7, 11) is 1.82. The summed E-state index contributed by atoms with van der Waals surface area (Å²) in [6.45, 7) is 1.64. The number of unbranched alkanes of at least 4 members (excludes halogenated alkanes) is 1. The molecule has 2 rings (SSSR count). The quantitative estimate of drug-likeness (QED) is 0.282. The molecule has 0 spiro atoms. The zero-order chi connectivity index (χ0) is 16.5. The maximum atomic E-state index is 11.6. The second kappa shape index (κ2) is 11.8. The van der Waals surface area contributed by atoms with E-state index in [0.717, 1.165) is 37.1 Å². The molecule has 1 aromatic heterocycles. The lowest BCUT2D eigenvalue weighted by Gasteiger charge is -2.17. The predicted molar refractivity (Wildman–Crippen MR) is 115 cm³/mol. The number of halogens is 1. The number of aromatic nitrogens is 1. The van der Waals surface area contributed by atoms with Gasteiger partial charge in [0, 0.05) is 43.7 Å². The molecule has 1 heterocycles. The third-order valence-electron chi connectivity index (χ3n) is 4.30. The van der Waals surface area contributed by atoms with Crippen molar-refractivity contribution in [3.63, 3.8) is 0 Å². The van der Waals surface area contributed by atoms with Crippen LogP contribution in [0.4, 0.5) is 0 Å². The fourth-order valence-corrected chi connectivity index (χ4v) is 3.73. The summed E-state index contributed by atoms with van der Waals surface area (Å²) in [5.74, 6) is 0.897. The summed E-state index contributed by atoms with van der Waals surface area (Å²) in [6.07, 6.45) is 9.77. The van der Waals surface area contributed by atoms with Crippen LogP contribution in [0.1, 0.15) is 32.1 Å². The van der Waals surface area contributed by atoms with Crippen molar-refractivity contribution in [1.29, 1.82) is 0 Å². The molecular formula is C17H29IN4OS. The lowest BCUT2D eigenvalue weighted by molar-refractivity contribution is 0.576. The highest BCUT2D eigenvalue weighted by Crippen LogP contribution is 2.27. The van der Waals surface area contributed by atoms with Crippen molar-refractivity contribution in [2.75, 3.05) is 19.8 Å². The first kappa shape index (κ1) is 21.3. The first-order valence-corrected chi connectivity index (χ1v) is 9.67. The predicted octanol–water partition coefficient (Wildman–Crippen LogP) is 2.70. The average molecular weight is 464 g/mol. The van der Waals surface area contributed by atoms with Crippen LogP contribution in [-0.4, -0.2) is 41.7 Å². The highest BCUT2D eigenvalue weighted by atomic mass is 127. The zero-order valence-corrected chi connectivity index (χ0v) is 17.7. The van der Waals surface area contributed by atoms with E-state index in [4.69, 9.17) is 0 Å². The second-order valence-electron chi connectivity index (χ2n) is 5.95. The van der Waals surface area contributed by atoms with Gasteiger partial charge in [-0.05, 0) is 44.4 Å². The molecule has 2 atom stereocenters. The van der Waals surface area contributed by atoms with E-state index >= 15 is 0 Å². The van der Waals surface area contributed by atoms with E-state index in [1.165, 1.54) is 19.3 Å². The van der Waals surface area contributed by atoms with Gasteiger partial charge in [-0.2, -0.15) is 11.8 Å². The number of aliphatic imine (C=N–C) groups is 1. The van der Waals surface area contributed by atoms with Gasteiger partial charge in [-0.1, -0.05) is 6.07 Å².